The Balaban J connectivity index is 1.36. The van der Waals surface area contributed by atoms with Crippen molar-refractivity contribution in [1.82, 2.24) is 26.6 Å². The van der Waals surface area contributed by atoms with E-state index in [0.717, 1.165) is 16.0 Å². The molecule has 2 aliphatic rings. The summed E-state index contributed by atoms with van der Waals surface area (Å²) in [6.07, 6.45) is -0.388. The Hall–Kier alpha value is -7.13. The molecule has 0 spiro atoms. The first-order valence-corrected chi connectivity index (χ1v) is 21.1. The van der Waals surface area contributed by atoms with E-state index in [-0.39, 0.29) is 38.5 Å². The Labute approximate surface area is 362 Å². The van der Waals surface area contributed by atoms with Gasteiger partial charge in [-0.15, -0.1) is 11.3 Å². The van der Waals surface area contributed by atoms with Gasteiger partial charge in [0, 0.05) is 49.1 Å². The van der Waals surface area contributed by atoms with Crippen LogP contribution in [0.4, 0.5) is 5.69 Å². The number of anilines is 1. The number of benzene rings is 4. The summed E-state index contributed by atoms with van der Waals surface area (Å²) in [7, 11) is 0. The van der Waals surface area contributed by atoms with Crippen LogP contribution in [0.15, 0.2) is 127 Å². The number of carboxylic acids is 1. The van der Waals surface area contributed by atoms with Crippen LogP contribution < -0.4 is 31.9 Å². The Kier molecular flexibility index (Phi) is 15.3. The second kappa shape index (κ2) is 21.4. The predicted molar refractivity (Wildman–Crippen MR) is 235 cm³/mol. The van der Waals surface area contributed by atoms with Crippen LogP contribution in [0.5, 0.6) is 0 Å². The molecule has 0 aliphatic carbocycles. The quantitative estimate of drug-likeness (QED) is 0.102. The van der Waals surface area contributed by atoms with Gasteiger partial charge in [0.15, 0.2) is 0 Å². The molecule has 0 saturated heterocycles. The minimum Gasteiger partial charge on any atom is -0.480 e. The van der Waals surface area contributed by atoms with Crippen molar-refractivity contribution in [3.05, 3.63) is 148 Å². The average molecular weight is 857 g/mol. The molecule has 7 rings (SSSR count). The second-order valence-corrected chi connectivity index (χ2v) is 16.1. The van der Waals surface area contributed by atoms with Crippen LogP contribution in [-0.2, 0) is 59.2 Å². The van der Waals surface area contributed by atoms with Gasteiger partial charge in [0.25, 0.3) is 0 Å². The van der Waals surface area contributed by atoms with Gasteiger partial charge in [0.05, 0.1) is 0 Å². The van der Waals surface area contributed by atoms with Crippen LogP contribution in [-0.4, -0.2) is 76.7 Å². The maximum Gasteiger partial charge on any atom is 0.325 e. The van der Waals surface area contributed by atoms with E-state index in [9.17, 15) is 38.7 Å². The van der Waals surface area contributed by atoms with E-state index in [1.807, 2.05) is 72.1 Å². The Morgan fingerprint density at radius 3 is 1.77 bits per heavy atom. The Morgan fingerprint density at radius 1 is 0.629 bits per heavy atom. The maximum absolute atomic E-state index is 14.6. The lowest BCUT2D eigenvalue weighted by atomic mass is 9.99. The van der Waals surface area contributed by atoms with Gasteiger partial charge in [-0.1, -0.05) is 103 Å². The average Bonchev–Trinajstić information content (AvgIpc) is 3.79. The highest BCUT2D eigenvalue weighted by molar-refractivity contribution is 7.09. The third-order valence-electron chi connectivity index (χ3n) is 10.3. The molecule has 5 atom stereocenters. The summed E-state index contributed by atoms with van der Waals surface area (Å²) in [5, 5.41) is 27.7. The SMILES string of the molecule is C[C@H](NC(=O)[C@H]1Cc2ccc(cc2)NC(=O)CCC(=O)N[C@H](Cc2cccs2)C(=O)N[C@@H](Cc2ccc(-c3ccccc3)cc2)C(=O)N[C@H](Cc2ccccc2)C(=O)N1)C(=O)O. The number of amides is 6. The molecule has 3 heterocycles. The molecule has 0 radical (unpaired) electrons. The lowest BCUT2D eigenvalue weighted by molar-refractivity contribution is -0.141. The summed E-state index contributed by atoms with van der Waals surface area (Å²) < 4.78 is 0. The molecule has 2 bridgehead atoms. The number of carbonyl (C=O) groups is 7. The predicted octanol–water partition coefficient (Wildman–Crippen LogP) is 3.95. The minimum absolute atomic E-state index is 0.0000885. The van der Waals surface area contributed by atoms with Crippen molar-refractivity contribution in [2.45, 2.75) is 75.7 Å². The van der Waals surface area contributed by atoms with Gasteiger partial charge in [-0.05, 0) is 58.3 Å². The van der Waals surface area contributed by atoms with E-state index in [2.05, 4.69) is 31.9 Å². The van der Waals surface area contributed by atoms with Crippen LogP contribution >= 0.6 is 11.3 Å². The summed E-state index contributed by atoms with van der Waals surface area (Å²) in [6.45, 7) is 1.30. The lowest BCUT2D eigenvalue weighted by Crippen LogP contribution is -2.60. The standard InChI is InChI=1S/C47H48N6O8S/c1-29(47(60)61)48-43(56)37-27-32-16-20-35(21-17-32)49-41(54)22-23-42(55)50-40(28-36-13-8-24-62-36)46(59)53-39(26-31-14-18-34(19-15-31)33-11-6-3-7-12-33)45(58)52-38(44(57)51-37)25-30-9-4-2-5-10-30/h2-21,24,29,37-40H,22-23,25-28H2,1H3,(H,48,56)(H,49,54)(H,50,55)(H,51,57)(H,52,58)(H,53,59)(H,60,61)/t29-,37+,38+,39-,40+/m0/s1. The minimum atomic E-state index is -1.29. The molecule has 0 saturated carbocycles. The van der Waals surface area contributed by atoms with Gasteiger partial charge in [-0.2, -0.15) is 0 Å². The highest BCUT2D eigenvalue weighted by Gasteiger charge is 2.33. The highest BCUT2D eigenvalue weighted by Crippen LogP contribution is 2.21. The zero-order valence-electron chi connectivity index (χ0n) is 34.0. The number of fused-ring (bicyclic) bond motifs is 18. The van der Waals surface area contributed by atoms with Crippen molar-refractivity contribution in [3.63, 3.8) is 0 Å². The van der Waals surface area contributed by atoms with E-state index in [4.69, 9.17) is 0 Å². The number of carboxylic acid groups (broad SMARTS) is 1. The summed E-state index contributed by atoms with van der Waals surface area (Å²) in [5.41, 5.74) is 4.29. The summed E-state index contributed by atoms with van der Waals surface area (Å²) in [6, 6.07) is 30.1. The Bertz CT molecular complexity index is 2340. The first-order chi connectivity index (χ1) is 29.9. The van der Waals surface area contributed by atoms with Gasteiger partial charge < -0.3 is 37.0 Å². The zero-order chi connectivity index (χ0) is 44.0. The lowest BCUT2D eigenvalue weighted by Gasteiger charge is -2.27. The number of hydrogen-bond acceptors (Lipinski definition) is 8. The molecule has 320 valence electrons. The number of carbonyl (C=O) groups excluding carboxylic acids is 6. The molecule has 0 unspecified atom stereocenters. The molecule has 14 nitrogen and oxygen atoms in total. The van der Waals surface area contributed by atoms with Gasteiger partial charge >= 0.3 is 5.97 Å². The van der Waals surface area contributed by atoms with Gasteiger partial charge in [-0.3, -0.25) is 33.6 Å². The van der Waals surface area contributed by atoms with Crippen molar-refractivity contribution < 1.29 is 38.7 Å². The first-order valence-electron chi connectivity index (χ1n) is 20.2. The molecule has 5 aromatic rings. The largest absolute Gasteiger partial charge is 0.480 e. The van der Waals surface area contributed by atoms with Crippen molar-refractivity contribution in [3.8, 4) is 11.1 Å². The number of aliphatic carboxylic acids is 1. The Morgan fingerprint density at radius 2 is 1.18 bits per heavy atom. The van der Waals surface area contributed by atoms with E-state index in [1.165, 1.54) is 18.3 Å². The molecule has 15 heteroatoms. The van der Waals surface area contributed by atoms with Crippen LogP contribution in [0.1, 0.15) is 41.3 Å². The third kappa shape index (κ3) is 12.9. The number of rotatable bonds is 10. The molecular weight excluding hydrogens is 809 g/mol. The smallest absolute Gasteiger partial charge is 0.325 e. The van der Waals surface area contributed by atoms with Crippen LogP contribution in [0.2, 0.25) is 0 Å². The normalized spacial score (nSPS) is 19.7. The number of hydrogen-bond donors (Lipinski definition) is 7. The van der Waals surface area contributed by atoms with Gasteiger partial charge in [0.1, 0.15) is 30.2 Å². The molecular formula is C47H48N6O8S. The molecule has 0 fully saturated rings. The molecule has 62 heavy (non-hydrogen) atoms. The molecule has 2 aliphatic heterocycles. The third-order valence-corrected chi connectivity index (χ3v) is 11.2. The van der Waals surface area contributed by atoms with Crippen molar-refractivity contribution in [2.75, 3.05) is 5.32 Å². The fraction of sp³-hybridized carbons (Fsp3) is 0.255. The summed E-state index contributed by atoms with van der Waals surface area (Å²) in [5.74, 6) is -5.15. The van der Waals surface area contributed by atoms with Gasteiger partial charge in [-0.25, -0.2) is 0 Å². The van der Waals surface area contributed by atoms with E-state index in [1.54, 1.807) is 54.6 Å². The topological polar surface area (TPSA) is 212 Å². The van der Waals surface area contributed by atoms with Crippen LogP contribution in [0.25, 0.3) is 11.1 Å². The fourth-order valence-electron chi connectivity index (χ4n) is 6.89. The first kappa shape index (κ1) is 44.4. The van der Waals surface area contributed by atoms with E-state index >= 15 is 0 Å². The molecule has 6 amide bonds. The number of thiophene rings is 1. The monoisotopic (exact) mass is 856 g/mol. The number of nitrogens with one attached hydrogen (secondary N) is 6. The van der Waals surface area contributed by atoms with Gasteiger partial charge in [0.2, 0.25) is 35.4 Å². The van der Waals surface area contributed by atoms with E-state index in [0.29, 0.717) is 22.4 Å². The second-order valence-electron chi connectivity index (χ2n) is 15.1. The van der Waals surface area contributed by atoms with E-state index < -0.39 is 71.6 Å². The zero-order valence-corrected chi connectivity index (χ0v) is 34.8. The van der Waals surface area contributed by atoms with Crippen molar-refractivity contribution >= 4 is 58.4 Å². The summed E-state index contributed by atoms with van der Waals surface area (Å²) in [4.78, 5) is 95.6. The van der Waals surface area contributed by atoms with Crippen LogP contribution in [0, 0.1) is 0 Å². The maximum atomic E-state index is 14.6. The molecule has 4 aromatic carbocycles. The van der Waals surface area contributed by atoms with Crippen LogP contribution in [0.3, 0.4) is 0 Å². The fourth-order valence-corrected chi connectivity index (χ4v) is 7.64. The van der Waals surface area contributed by atoms with Crippen molar-refractivity contribution in [2.24, 2.45) is 0 Å². The van der Waals surface area contributed by atoms with Crippen molar-refractivity contribution in [1.29, 1.82) is 0 Å². The summed E-state index contributed by atoms with van der Waals surface area (Å²) >= 11 is 1.39. The highest BCUT2D eigenvalue weighted by atomic mass is 32.1. The molecule has 1 aromatic heterocycles. The molecule has 7 N–H and O–H groups in total.